The van der Waals surface area contributed by atoms with Gasteiger partial charge in [0.2, 0.25) is 0 Å². The van der Waals surface area contributed by atoms with Crippen LogP contribution in [0.1, 0.15) is 23.7 Å². The molecule has 0 bridgehead atoms. The molecule has 1 unspecified atom stereocenters. The Hall–Kier alpha value is -2.62. The number of H-pyrrole nitrogens is 1. The summed E-state index contributed by atoms with van der Waals surface area (Å²) in [5, 5.41) is 11.3. The largest absolute Gasteiger partial charge is 0.481 e. The summed E-state index contributed by atoms with van der Waals surface area (Å²) in [5.41, 5.74) is 0.987. The molecule has 3 aromatic rings. The third kappa shape index (κ3) is 2.28. The molecule has 0 fully saturated rings. The Morgan fingerprint density at radius 3 is 2.75 bits per heavy atom. The van der Waals surface area contributed by atoms with Gasteiger partial charge in [-0.15, -0.1) is 0 Å². The molecule has 1 heterocycles. The van der Waals surface area contributed by atoms with E-state index in [4.69, 9.17) is 0 Å². The van der Waals surface area contributed by atoms with Gasteiger partial charge in [-0.2, -0.15) is 0 Å². The number of aromatic nitrogens is 2. The van der Waals surface area contributed by atoms with Crippen LogP contribution in [-0.2, 0) is 4.79 Å². The van der Waals surface area contributed by atoms with Gasteiger partial charge in [-0.05, 0) is 16.3 Å². The molecule has 4 heteroatoms. The standard InChI is InChI=1S/C16H14N2O2/c19-15(20)10-14(16-17-8-9-18-16)13-7-3-5-11-4-1-2-6-12(11)13/h1-9,14H,10H2,(H,17,18)(H,19,20). The van der Waals surface area contributed by atoms with E-state index in [0.29, 0.717) is 5.82 Å². The van der Waals surface area contributed by atoms with Crippen LogP contribution in [0.15, 0.2) is 54.9 Å². The molecule has 3 rings (SSSR count). The molecule has 100 valence electrons. The molecule has 0 aliphatic heterocycles. The number of rotatable bonds is 4. The number of nitrogens with zero attached hydrogens (tertiary/aromatic N) is 1. The first-order valence-corrected chi connectivity index (χ1v) is 6.44. The van der Waals surface area contributed by atoms with Crippen LogP contribution in [0.2, 0.25) is 0 Å². The van der Waals surface area contributed by atoms with Gasteiger partial charge in [-0.1, -0.05) is 42.5 Å². The molecular formula is C16H14N2O2. The lowest BCUT2D eigenvalue weighted by atomic mass is 9.90. The maximum Gasteiger partial charge on any atom is 0.304 e. The van der Waals surface area contributed by atoms with Crippen LogP contribution in [-0.4, -0.2) is 21.0 Å². The molecule has 0 spiro atoms. The summed E-state index contributed by atoms with van der Waals surface area (Å²) < 4.78 is 0. The van der Waals surface area contributed by atoms with Crippen molar-refractivity contribution in [1.29, 1.82) is 0 Å². The van der Waals surface area contributed by atoms with E-state index in [9.17, 15) is 9.90 Å². The van der Waals surface area contributed by atoms with Crippen LogP contribution in [0.3, 0.4) is 0 Å². The van der Waals surface area contributed by atoms with Gasteiger partial charge in [0.1, 0.15) is 5.82 Å². The first kappa shape index (κ1) is 12.4. The normalized spacial score (nSPS) is 12.4. The van der Waals surface area contributed by atoms with E-state index in [-0.39, 0.29) is 12.3 Å². The van der Waals surface area contributed by atoms with Gasteiger partial charge in [-0.3, -0.25) is 4.79 Å². The predicted molar refractivity (Wildman–Crippen MR) is 76.6 cm³/mol. The van der Waals surface area contributed by atoms with Crippen LogP contribution in [0, 0.1) is 0 Å². The number of fused-ring (bicyclic) bond motifs is 1. The van der Waals surface area contributed by atoms with Gasteiger partial charge in [0, 0.05) is 12.4 Å². The Balaban J connectivity index is 2.16. The molecule has 4 nitrogen and oxygen atoms in total. The fourth-order valence-electron chi connectivity index (χ4n) is 2.55. The Kier molecular flexibility index (Phi) is 3.21. The number of benzene rings is 2. The van der Waals surface area contributed by atoms with E-state index in [0.717, 1.165) is 16.3 Å². The minimum absolute atomic E-state index is 0.0154. The molecule has 0 radical (unpaired) electrons. The Morgan fingerprint density at radius 2 is 2.00 bits per heavy atom. The molecular weight excluding hydrogens is 252 g/mol. The van der Waals surface area contributed by atoms with E-state index >= 15 is 0 Å². The number of carboxylic acid groups (broad SMARTS) is 1. The molecule has 0 saturated heterocycles. The average molecular weight is 266 g/mol. The van der Waals surface area contributed by atoms with Gasteiger partial charge in [0.25, 0.3) is 0 Å². The minimum atomic E-state index is -0.834. The predicted octanol–water partition coefficient (Wildman–Crippen LogP) is 3.17. The SMILES string of the molecule is O=C(O)CC(c1ncc[nH]1)c1cccc2ccccc12. The van der Waals surface area contributed by atoms with Crippen LogP contribution in [0.4, 0.5) is 0 Å². The second-order valence-electron chi connectivity index (χ2n) is 4.69. The number of hydrogen-bond acceptors (Lipinski definition) is 2. The first-order valence-electron chi connectivity index (χ1n) is 6.44. The molecule has 2 aromatic carbocycles. The lowest BCUT2D eigenvalue weighted by Gasteiger charge is -2.15. The number of nitrogens with one attached hydrogen (secondary N) is 1. The van der Waals surface area contributed by atoms with Crippen LogP contribution in [0.25, 0.3) is 10.8 Å². The molecule has 20 heavy (non-hydrogen) atoms. The number of aliphatic carboxylic acids is 1. The quantitative estimate of drug-likeness (QED) is 0.762. The zero-order valence-corrected chi connectivity index (χ0v) is 10.8. The van der Waals surface area contributed by atoms with Crippen molar-refractivity contribution in [3.63, 3.8) is 0 Å². The van der Waals surface area contributed by atoms with E-state index in [1.165, 1.54) is 0 Å². The molecule has 1 atom stereocenters. The van der Waals surface area contributed by atoms with E-state index in [2.05, 4.69) is 9.97 Å². The highest BCUT2D eigenvalue weighted by Gasteiger charge is 2.21. The number of hydrogen-bond donors (Lipinski definition) is 2. The Morgan fingerprint density at radius 1 is 1.20 bits per heavy atom. The van der Waals surface area contributed by atoms with E-state index in [1.807, 2.05) is 42.5 Å². The molecule has 0 aliphatic carbocycles. The van der Waals surface area contributed by atoms with Crippen molar-refractivity contribution in [3.05, 3.63) is 66.2 Å². The van der Waals surface area contributed by atoms with Gasteiger partial charge in [0.15, 0.2) is 0 Å². The zero-order chi connectivity index (χ0) is 13.9. The second kappa shape index (κ2) is 5.17. The van der Waals surface area contributed by atoms with Crippen molar-refractivity contribution in [1.82, 2.24) is 9.97 Å². The van der Waals surface area contributed by atoms with Crippen molar-refractivity contribution in [2.24, 2.45) is 0 Å². The second-order valence-corrected chi connectivity index (χ2v) is 4.69. The molecule has 2 N–H and O–H groups in total. The van der Waals surface area contributed by atoms with Gasteiger partial charge in [0.05, 0.1) is 12.3 Å². The Labute approximate surface area is 116 Å². The van der Waals surface area contributed by atoms with Gasteiger partial charge < -0.3 is 10.1 Å². The smallest absolute Gasteiger partial charge is 0.304 e. The third-order valence-electron chi connectivity index (χ3n) is 3.43. The maximum absolute atomic E-state index is 11.2. The highest BCUT2D eigenvalue weighted by Crippen LogP contribution is 2.31. The minimum Gasteiger partial charge on any atom is -0.481 e. The third-order valence-corrected chi connectivity index (χ3v) is 3.43. The summed E-state index contributed by atoms with van der Waals surface area (Å²) >= 11 is 0. The van der Waals surface area contributed by atoms with Crippen LogP contribution < -0.4 is 0 Å². The van der Waals surface area contributed by atoms with Gasteiger partial charge >= 0.3 is 5.97 Å². The average Bonchev–Trinajstić information content (AvgIpc) is 2.98. The lowest BCUT2D eigenvalue weighted by Crippen LogP contribution is -2.10. The summed E-state index contributed by atoms with van der Waals surface area (Å²) in [7, 11) is 0. The van der Waals surface area contributed by atoms with Crippen molar-refractivity contribution < 1.29 is 9.90 Å². The van der Waals surface area contributed by atoms with Crippen LogP contribution in [0.5, 0.6) is 0 Å². The maximum atomic E-state index is 11.2. The fourth-order valence-corrected chi connectivity index (χ4v) is 2.55. The van der Waals surface area contributed by atoms with Crippen molar-refractivity contribution in [2.75, 3.05) is 0 Å². The fraction of sp³-hybridized carbons (Fsp3) is 0.125. The van der Waals surface area contributed by atoms with Gasteiger partial charge in [-0.25, -0.2) is 4.98 Å². The molecule has 0 saturated carbocycles. The van der Waals surface area contributed by atoms with Crippen molar-refractivity contribution >= 4 is 16.7 Å². The summed E-state index contributed by atoms with van der Waals surface area (Å²) in [6.07, 6.45) is 3.38. The Bertz CT molecular complexity index is 730. The van der Waals surface area contributed by atoms with Crippen molar-refractivity contribution in [2.45, 2.75) is 12.3 Å². The molecule has 1 aromatic heterocycles. The summed E-state index contributed by atoms with van der Waals surface area (Å²) in [6.45, 7) is 0. The number of carbonyl (C=O) groups is 1. The summed E-state index contributed by atoms with van der Waals surface area (Å²) in [6, 6.07) is 13.9. The number of carboxylic acids is 1. The number of aromatic amines is 1. The summed E-state index contributed by atoms with van der Waals surface area (Å²) in [5.74, 6) is -0.420. The molecule has 0 amide bonds. The van der Waals surface area contributed by atoms with Crippen LogP contribution >= 0.6 is 0 Å². The van der Waals surface area contributed by atoms with Crippen molar-refractivity contribution in [3.8, 4) is 0 Å². The topological polar surface area (TPSA) is 66.0 Å². The first-order chi connectivity index (χ1) is 9.75. The monoisotopic (exact) mass is 266 g/mol. The molecule has 0 aliphatic rings. The zero-order valence-electron chi connectivity index (χ0n) is 10.8. The number of imidazole rings is 1. The van der Waals surface area contributed by atoms with E-state index < -0.39 is 5.97 Å². The highest BCUT2D eigenvalue weighted by atomic mass is 16.4. The highest BCUT2D eigenvalue weighted by molar-refractivity contribution is 5.87. The summed E-state index contributed by atoms with van der Waals surface area (Å²) in [4.78, 5) is 18.4. The van der Waals surface area contributed by atoms with E-state index in [1.54, 1.807) is 12.4 Å². The lowest BCUT2D eigenvalue weighted by molar-refractivity contribution is -0.137.